The Kier molecular flexibility index (Phi) is 6.00. The summed E-state index contributed by atoms with van der Waals surface area (Å²) in [7, 11) is -1.25. The first kappa shape index (κ1) is 17.4. The van der Waals surface area contributed by atoms with Gasteiger partial charge < -0.3 is 0 Å². The van der Waals surface area contributed by atoms with Gasteiger partial charge in [0.05, 0.1) is 0 Å². The van der Waals surface area contributed by atoms with Crippen LogP contribution in [-0.4, -0.2) is 34.7 Å². The van der Waals surface area contributed by atoms with Gasteiger partial charge in [-0.1, -0.05) is 31.9 Å². The number of sulfonamides is 1. The van der Waals surface area contributed by atoms with Crippen molar-refractivity contribution in [2.24, 2.45) is 0 Å². The third-order valence-corrected chi connectivity index (χ3v) is 6.30. The average molecular weight is 340 g/mol. The lowest BCUT2D eigenvalue weighted by molar-refractivity contribution is 0.452. The van der Waals surface area contributed by atoms with Crippen LogP contribution in [-0.2, 0) is 19.1 Å². The van der Waals surface area contributed by atoms with Crippen molar-refractivity contribution in [3.05, 3.63) is 24.3 Å². The Hall–Kier alpha value is -0.630. The minimum absolute atomic E-state index is 0.283. The molecule has 20 heavy (non-hydrogen) atoms. The number of unbranched alkanes of at least 4 members (excludes halogenated alkanes) is 2. The van der Waals surface area contributed by atoms with Crippen LogP contribution in [0.25, 0.3) is 0 Å². The third-order valence-electron chi connectivity index (χ3n) is 2.88. The molecule has 0 spiro atoms. The van der Waals surface area contributed by atoms with Crippen molar-refractivity contribution in [3.63, 3.8) is 0 Å². The molecule has 8 heteroatoms. The fourth-order valence-corrected chi connectivity index (χ4v) is 4.75. The Bertz CT molecular complexity index is 656. The van der Waals surface area contributed by atoms with Crippen LogP contribution in [0, 0.1) is 0 Å². The van der Waals surface area contributed by atoms with E-state index in [1.165, 1.54) is 31.3 Å². The Labute approximate surface area is 125 Å². The van der Waals surface area contributed by atoms with E-state index in [0.29, 0.717) is 6.54 Å². The van der Waals surface area contributed by atoms with Crippen molar-refractivity contribution < 1.29 is 16.8 Å². The van der Waals surface area contributed by atoms with Crippen LogP contribution in [0.1, 0.15) is 26.2 Å². The first-order valence-corrected chi connectivity index (χ1v) is 9.96. The highest BCUT2D eigenvalue weighted by atomic mass is 35.7. The van der Waals surface area contributed by atoms with E-state index in [4.69, 9.17) is 10.7 Å². The molecule has 0 heterocycles. The van der Waals surface area contributed by atoms with Crippen LogP contribution < -0.4 is 0 Å². The molecule has 0 fully saturated rings. The van der Waals surface area contributed by atoms with Crippen molar-refractivity contribution in [2.75, 3.05) is 13.6 Å². The quantitative estimate of drug-likeness (QED) is 0.565. The number of benzene rings is 1. The maximum atomic E-state index is 12.4. The fourth-order valence-electron chi connectivity index (χ4n) is 1.74. The molecule has 0 aliphatic carbocycles. The third kappa shape index (κ3) is 4.18. The Balaban J connectivity index is 3.17. The van der Waals surface area contributed by atoms with E-state index >= 15 is 0 Å². The van der Waals surface area contributed by atoms with Crippen LogP contribution in [0.5, 0.6) is 0 Å². The number of hydrogen-bond acceptors (Lipinski definition) is 4. The highest BCUT2D eigenvalue weighted by molar-refractivity contribution is 8.14. The maximum absolute atomic E-state index is 12.4. The molecule has 0 saturated carbocycles. The monoisotopic (exact) mass is 339 g/mol. The van der Waals surface area contributed by atoms with Gasteiger partial charge in [-0.2, -0.15) is 0 Å². The number of nitrogens with zero attached hydrogens (tertiary/aromatic N) is 1. The number of hydrogen-bond donors (Lipinski definition) is 0. The second-order valence-electron chi connectivity index (χ2n) is 4.42. The molecule has 114 valence electrons. The summed E-state index contributed by atoms with van der Waals surface area (Å²) < 4.78 is 48.9. The predicted octanol–water partition coefficient (Wildman–Crippen LogP) is 2.42. The van der Waals surface area contributed by atoms with Gasteiger partial charge in [0.15, 0.2) is 0 Å². The van der Waals surface area contributed by atoms with Crippen LogP contribution >= 0.6 is 10.7 Å². The van der Waals surface area contributed by atoms with Gasteiger partial charge in [-0.3, -0.25) is 0 Å². The van der Waals surface area contributed by atoms with Crippen LogP contribution in [0.15, 0.2) is 34.1 Å². The molecule has 1 rings (SSSR count). The topological polar surface area (TPSA) is 71.5 Å². The van der Waals surface area contributed by atoms with Gasteiger partial charge in [-0.25, -0.2) is 21.1 Å². The Morgan fingerprint density at radius 1 is 1.05 bits per heavy atom. The van der Waals surface area contributed by atoms with E-state index < -0.39 is 19.1 Å². The summed E-state index contributed by atoms with van der Waals surface area (Å²) in [6.45, 7) is 2.36. The maximum Gasteiger partial charge on any atom is 0.262 e. The second kappa shape index (κ2) is 6.89. The molecule has 1 aromatic rings. The standard InChI is InChI=1S/C12H18ClNO4S2/c1-3-4-7-10-14(2)20(17,18)12-9-6-5-8-11(12)19(13,15)16/h5-6,8-9H,3-4,7,10H2,1-2H3. The van der Waals surface area contributed by atoms with Gasteiger partial charge in [-0.05, 0) is 18.6 Å². The summed E-state index contributed by atoms with van der Waals surface area (Å²) in [5.41, 5.74) is 0. The molecule has 1 aromatic carbocycles. The summed E-state index contributed by atoms with van der Waals surface area (Å²) in [5, 5.41) is 0. The second-order valence-corrected chi connectivity index (χ2v) is 8.97. The van der Waals surface area contributed by atoms with Crippen LogP contribution in [0.4, 0.5) is 0 Å². The van der Waals surface area contributed by atoms with Crippen molar-refractivity contribution in [2.45, 2.75) is 36.0 Å². The van der Waals surface area contributed by atoms with Crippen LogP contribution in [0.3, 0.4) is 0 Å². The van der Waals surface area contributed by atoms with E-state index in [9.17, 15) is 16.8 Å². The van der Waals surface area contributed by atoms with E-state index in [-0.39, 0.29) is 9.79 Å². The summed E-state index contributed by atoms with van der Waals surface area (Å²) >= 11 is 0. The van der Waals surface area contributed by atoms with Gasteiger partial charge in [-0.15, -0.1) is 0 Å². The van der Waals surface area contributed by atoms with Gasteiger partial charge in [0.1, 0.15) is 9.79 Å². The lowest BCUT2D eigenvalue weighted by Gasteiger charge is -2.18. The largest absolute Gasteiger partial charge is 0.262 e. The van der Waals surface area contributed by atoms with E-state index in [1.807, 2.05) is 6.92 Å². The summed E-state index contributed by atoms with van der Waals surface area (Å²) in [6, 6.07) is 5.35. The first-order valence-electron chi connectivity index (χ1n) is 6.21. The van der Waals surface area contributed by atoms with Crippen molar-refractivity contribution in [1.29, 1.82) is 0 Å². The highest BCUT2D eigenvalue weighted by Crippen LogP contribution is 2.26. The van der Waals surface area contributed by atoms with E-state index in [0.717, 1.165) is 23.6 Å². The molecule has 0 amide bonds. The lowest BCUT2D eigenvalue weighted by Crippen LogP contribution is -2.29. The van der Waals surface area contributed by atoms with Gasteiger partial charge in [0.2, 0.25) is 10.0 Å². The zero-order valence-corrected chi connectivity index (χ0v) is 13.8. The first-order chi connectivity index (χ1) is 9.21. The molecular formula is C12H18ClNO4S2. The zero-order valence-electron chi connectivity index (χ0n) is 11.4. The molecule has 0 saturated heterocycles. The minimum atomic E-state index is -4.11. The smallest absolute Gasteiger partial charge is 0.207 e. The van der Waals surface area contributed by atoms with Gasteiger partial charge in [0.25, 0.3) is 9.05 Å². The Morgan fingerprint density at radius 3 is 2.10 bits per heavy atom. The molecule has 0 aliphatic rings. The molecule has 0 atom stereocenters. The van der Waals surface area contributed by atoms with Crippen LogP contribution in [0.2, 0.25) is 0 Å². The minimum Gasteiger partial charge on any atom is -0.207 e. The zero-order chi connectivity index (χ0) is 15.4. The van der Waals surface area contributed by atoms with Crippen molar-refractivity contribution >= 4 is 29.8 Å². The van der Waals surface area contributed by atoms with E-state index in [2.05, 4.69) is 0 Å². The normalized spacial score (nSPS) is 12.8. The van der Waals surface area contributed by atoms with Crippen molar-refractivity contribution in [3.8, 4) is 0 Å². The molecular weight excluding hydrogens is 322 g/mol. The molecule has 0 N–H and O–H groups in total. The molecule has 5 nitrogen and oxygen atoms in total. The molecule has 0 aromatic heterocycles. The average Bonchev–Trinajstić information content (AvgIpc) is 2.38. The van der Waals surface area contributed by atoms with Gasteiger partial charge in [0, 0.05) is 24.3 Å². The number of halogens is 1. The summed E-state index contributed by atoms with van der Waals surface area (Å²) in [6.07, 6.45) is 2.61. The predicted molar refractivity (Wildman–Crippen MR) is 78.8 cm³/mol. The lowest BCUT2D eigenvalue weighted by atomic mass is 10.2. The Morgan fingerprint density at radius 2 is 1.60 bits per heavy atom. The van der Waals surface area contributed by atoms with Crippen molar-refractivity contribution in [1.82, 2.24) is 4.31 Å². The molecule has 0 radical (unpaired) electrons. The number of rotatable bonds is 7. The summed E-state index contributed by atoms with van der Waals surface area (Å²) in [5.74, 6) is 0. The molecule has 0 bridgehead atoms. The van der Waals surface area contributed by atoms with E-state index in [1.54, 1.807) is 0 Å². The molecule has 0 unspecified atom stereocenters. The molecule has 0 aliphatic heterocycles. The fraction of sp³-hybridized carbons (Fsp3) is 0.500. The SMILES string of the molecule is CCCCCN(C)S(=O)(=O)c1ccccc1S(=O)(=O)Cl. The van der Waals surface area contributed by atoms with Gasteiger partial charge >= 0.3 is 0 Å². The summed E-state index contributed by atoms with van der Waals surface area (Å²) in [4.78, 5) is -0.669. The highest BCUT2D eigenvalue weighted by Gasteiger charge is 2.27.